The van der Waals surface area contributed by atoms with Crippen molar-refractivity contribution in [1.82, 2.24) is 0 Å². The van der Waals surface area contributed by atoms with Gasteiger partial charge in [0.1, 0.15) is 7.85 Å². The first kappa shape index (κ1) is 16.8. The Balaban J connectivity index is 2.47. The highest BCUT2D eigenvalue weighted by atomic mass is 32.5. The molecule has 0 saturated carbocycles. The van der Waals surface area contributed by atoms with Crippen LogP contribution in [0.5, 0.6) is 0 Å². The Labute approximate surface area is 112 Å². The molecule has 0 spiro atoms. The number of hydrogen-bond acceptors (Lipinski definition) is 5. The summed E-state index contributed by atoms with van der Waals surface area (Å²) in [5, 5.41) is 0. The van der Waals surface area contributed by atoms with E-state index in [2.05, 4.69) is 4.52 Å². The fourth-order valence-electron chi connectivity index (χ4n) is 1.44. The fourth-order valence-corrected chi connectivity index (χ4v) is 2.91. The summed E-state index contributed by atoms with van der Waals surface area (Å²) in [4.78, 5) is 26.8. The van der Waals surface area contributed by atoms with Crippen LogP contribution in [0.25, 0.3) is 0 Å². The number of phosphoric ester groups is 1. The van der Waals surface area contributed by atoms with Gasteiger partial charge in [-0.25, -0.2) is 4.57 Å². The highest BCUT2D eigenvalue weighted by Gasteiger charge is 2.36. The zero-order valence-electron chi connectivity index (χ0n) is 9.71. The minimum atomic E-state index is -4.53. The van der Waals surface area contributed by atoms with Crippen LogP contribution < -0.4 is 0 Å². The minimum Gasteiger partial charge on any atom is -0.380 e. The highest BCUT2D eigenvalue weighted by molar-refractivity contribution is 8.09. The van der Waals surface area contributed by atoms with Crippen molar-refractivity contribution in [2.24, 2.45) is 0 Å². The summed E-state index contributed by atoms with van der Waals surface area (Å²) >= 11 is 4.87. The number of rotatable bonds is 6. The molecular formula is C7H15BO7P2S. The molecule has 0 bridgehead atoms. The molecule has 0 aliphatic carbocycles. The van der Waals surface area contributed by atoms with E-state index in [1.54, 1.807) is 6.92 Å². The molecular weight excluding hydrogens is 301 g/mol. The molecule has 1 saturated heterocycles. The van der Waals surface area contributed by atoms with E-state index in [9.17, 15) is 9.46 Å². The molecule has 1 aliphatic heterocycles. The predicted octanol–water partition coefficient (Wildman–Crippen LogP) is 0.0861. The van der Waals surface area contributed by atoms with Gasteiger partial charge in [0.2, 0.25) is 0 Å². The maximum atomic E-state index is 10.5. The maximum Gasteiger partial charge on any atom is 0.469 e. The third-order valence-corrected chi connectivity index (χ3v) is 5.26. The molecule has 0 aromatic carbocycles. The van der Waals surface area contributed by atoms with E-state index in [1.807, 2.05) is 0 Å². The fraction of sp³-hybridized carbons (Fsp3) is 1.00. The molecule has 0 aromatic heterocycles. The summed E-state index contributed by atoms with van der Waals surface area (Å²) in [7, 11) is 1.11. The molecule has 1 rings (SSSR count). The topological polar surface area (TPSA) is 105 Å². The second-order valence-corrected chi connectivity index (χ2v) is 8.91. The average Bonchev–Trinajstić information content (AvgIpc) is 2.55. The predicted molar refractivity (Wildman–Crippen MR) is 68.9 cm³/mol. The molecule has 2 radical (unpaired) electrons. The van der Waals surface area contributed by atoms with E-state index in [0.717, 1.165) is 0 Å². The van der Waals surface area contributed by atoms with Gasteiger partial charge in [0, 0.05) is 18.6 Å². The van der Waals surface area contributed by atoms with Crippen molar-refractivity contribution in [1.29, 1.82) is 0 Å². The molecule has 18 heavy (non-hydrogen) atoms. The SMILES string of the molecule is [B][C@@H]1O[C@H](COP(=O)(O)O)C[C@H]1OP(O)(=S)CC. The lowest BCUT2D eigenvalue weighted by atomic mass is 9.95. The van der Waals surface area contributed by atoms with Gasteiger partial charge in [-0.15, -0.1) is 0 Å². The monoisotopic (exact) mass is 316 g/mol. The third kappa shape index (κ3) is 5.78. The van der Waals surface area contributed by atoms with Crippen LogP contribution in [-0.4, -0.2) is 53.5 Å². The van der Waals surface area contributed by atoms with Crippen molar-refractivity contribution >= 4 is 34.0 Å². The normalized spacial score (nSPS) is 32.3. The van der Waals surface area contributed by atoms with Gasteiger partial charge in [-0.1, -0.05) is 6.92 Å². The standard InChI is InChI=1S/C7H15BO7P2S/c1-2-16(9,18)15-6-3-5(14-7(6)8)4-13-17(10,11)12/h5-7H,2-4H2,1H3,(H,9,18)(H2,10,11,12)/t5-,6+,7+,16?/m0/s1. The summed E-state index contributed by atoms with van der Waals surface area (Å²) in [6.07, 6.45) is -0.606. The molecule has 104 valence electrons. The Bertz CT molecular complexity index is 375. The highest BCUT2D eigenvalue weighted by Crippen LogP contribution is 2.46. The van der Waals surface area contributed by atoms with Crippen LogP contribution in [-0.2, 0) is 30.2 Å². The molecule has 1 fully saturated rings. The number of hydrogen-bond donors (Lipinski definition) is 3. The molecule has 1 aliphatic rings. The van der Waals surface area contributed by atoms with Crippen LogP contribution in [0.2, 0.25) is 0 Å². The summed E-state index contributed by atoms with van der Waals surface area (Å²) in [5.74, 6) is 0. The van der Waals surface area contributed by atoms with Crippen molar-refractivity contribution in [2.45, 2.75) is 31.6 Å². The van der Waals surface area contributed by atoms with Crippen LogP contribution >= 0.6 is 14.3 Å². The molecule has 0 aromatic rings. The van der Waals surface area contributed by atoms with Gasteiger partial charge in [0.25, 0.3) is 0 Å². The van der Waals surface area contributed by atoms with Crippen molar-refractivity contribution in [3.05, 3.63) is 0 Å². The molecule has 3 N–H and O–H groups in total. The maximum absolute atomic E-state index is 10.5. The summed E-state index contributed by atoms with van der Waals surface area (Å²) < 4.78 is 25.4. The Hall–Kier alpha value is 0.705. The number of ether oxygens (including phenoxy) is 1. The van der Waals surface area contributed by atoms with Gasteiger partial charge in [-0.05, 0) is 11.8 Å². The minimum absolute atomic E-state index is 0.264. The van der Waals surface area contributed by atoms with Crippen LogP contribution in [0.3, 0.4) is 0 Å². The lowest BCUT2D eigenvalue weighted by Crippen LogP contribution is -2.23. The Kier molecular flexibility index (Phi) is 5.99. The van der Waals surface area contributed by atoms with E-state index in [1.165, 1.54) is 0 Å². The van der Waals surface area contributed by atoms with Crippen LogP contribution in [0.1, 0.15) is 13.3 Å². The lowest BCUT2D eigenvalue weighted by Gasteiger charge is -2.21. The zero-order valence-corrected chi connectivity index (χ0v) is 12.3. The molecule has 0 amide bonds. The van der Waals surface area contributed by atoms with E-state index < -0.39 is 32.5 Å². The molecule has 1 heterocycles. The molecule has 7 nitrogen and oxygen atoms in total. The Morgan fingerprint density at radius 2 is 2.11 bits per heavy atom. The summed E-state index contributed by atoms with van der Waals surface area (Å²) in [5.41, 5.74) is 0. The van der Waals surface area contributed by atoms with Crippen LogP contribution in [0, 0.1) is 0 Å². The first-order valence-corrected chi connectivity index (χ1v) is 9.63. The molecule has 11 heteroatoms. The van der Waals surface area contributed by atoms with Gasteiger partial charge >= 0.3 is 7.82 Å². The van der Waals surface area contributed by atoms with Crippen LogP contribution in [0.4, 0.5) is 0 Å². The first-order valence-electron chi connectivity index (χ1n) is 5.24. The van der Waals surface area contributed by atoms with Crippen LogP contribution in [0.15, 0.2) is 0 Å². The molecule has 4 atom stereocenters. The van der Waals surface area contributed by atoms with Gasteiger partial charge in [0.15, 0.2) is 6.49 Å². The summed E-state index contributed by atoms with van der Waals surface area (Å²) in [6.45, 7) is -1.45. The van der Waals surface area contributed by atoms with Crippen molar-refractivity contribution in [3.8, 4) is 0 Å². The van der Waals surface area contributed by atoms with Gasteiger partial charge in [-0.2, -0.15) is 0 Å². The third-order valence-electron chi connectivity index (χ3n) is 2.34. The van der Waals surface area contributed by atoms with E-state index in [-0.39, 0.29) is 13.0 Å². The van der Waals surface area contributed by atoms with Gasteiger partial charge < -0.3 is 23.9 Å². The zero-order chi connectivity index (χ0) is 14.0. The summed E-state index contributed by atoms with van der Waals surface area (Å²) in [6, 6.07) is -0.795. The second-order valence-electron chi connectivity index (χ2n) is 3.84. The van der Waals surface area contributed by atoms with E-state index >= 15 is 0 Å². The smallest absolute Gasteiger partial charge is 0.380 e. The van der Waals surface area contributed by atoms with Crippen molar-refractivity contribution < 1.29 is 33.0 Å². The van der Waals surface area contributed by atoms with Gasteiger partial charge in [-0.3, -0.25) is 4.52 Å². The second kappa shape index (κ2) is 6.44. The Morgan fingerprint density at radius 3 is 2.61 bits per heavy atom. The van der Waals surface area contributed by atoms with Gasteiger partial charge in [0.05, 0.1) is 18.8 Å². The van der Waals surface area contributed by atoms with Crippen molar-refractivity contribution in [2.75, 3.05) is 12.8 Å². The Morgan fingerprint density at radius 1 is 1.50 bits per heavy atom. The van der Waals surface area contributed by atoms with E-state index in [4.69, 9.17) is 38.7 Å². The quantitative estimate of drug-likeness (QED) is 0.468. The lowest BCUT2D eigenvalue weighted by molar-refractivity contribution is 0.0318. The van der Waals surface area contributed by atoms with E-state index in [0.29, 0.717) is 6.16 Å². The largest absolute Gasteiger partial charge is 0.469 e. The molecule has 1 unspecified atom stereocenters. The van der Waals surface area contributed by atoms with Crippen molar-refractivity contribution in [3.63, 3.8) is 0 Å². The average molecular weight is 316 g/mol. The number of phosphoric acid groups is 1. The first-order chi connectivity index (χ1) is 8.13.